The van der Waals surface area contributed by atoms with Crippen molar-refractivity contribution in [2.24, 2.45) is 0 Å². The Labute approximate surface area is 170 Å². The third-order valence-electron chi connectivity index (χ3n) is 3.70. The number of aromatic nitrogens is 3. The van der Waals surface area contributed by atoms with Crippen LogP contribution in [0, 0.1) is 11.6 Å². The van der Waals surface area contributed by atoms with Gasteiger partial charge in [-0.3, -0.25) is 10.0 Å². The molecule has 0 atom stereocenters. The van der Waals surface area contributed by atoms with Crippen LogP contribution in [0.3, 0.4) is 0 Å². The molecule has 31 heavy (non-hydrogen) atoms. The summed E-state index contributed by atoms with van der Waals surface area (Å²) in [5, 5.41) is 1.77. The Hall–Kier alpha value is -3.49. The number of benzene rings is 1. The highest BCUT2D eigenvalue weighted by atomic mass is 32.2. The number of amides is 1. The molecule has 166 valence electrons. The average Bonchev–Trinajstić information content (AvgIpc) is 3.13. The first kappa shape index (κ1) is 22.2. The number of sulfonamides is 1. The molecule has 1 amide bonds. The number of hydrogen-bond donors (Lipinski definition) is 3. The van der Waals surface area contributed by atoms with Crippen LogP contribution in [0.25, 0.3) is 11.2 Å². The fraction of sp³-hybridized carbons (Fsp3) is 0.188. The van der Waals surface area contributed by atoms with Gasteiger partial charge < -0.3 is 9.72 Å². The predicted octanol–water partition coefficient (Wildman–Crippen LogP) is 3.54. The van der Waals surface area contributed by atoms with Crippen molar-refractivity contribution in [2.75, 3.05) is 15.8 Å². The number of anilines is 2. The zero-order valence-corrected chi connectivity index (χ0v) is 15.9. The van der Waals surface area contributed by atoms with E-state index < -0.39 is 57.5 Å². The van der Waals surface area contributed by atoms with Gasteiger partial charge in [0.2, 0.25) is 10.0 Å². The third-order valence-corrected chi connectivity index (χ3v) is 4.97. The molecule has 0 aliphatic carbocycles. The Morgan fingerprint density at radius 1 is 1.19 bits per heavy atom. The van der Waals surface area contributed by atoms with Crippen LogP contribution < -0.4 is 14.8 Å². The van der Waals surface area contributed by atoms with Gasteiger partial charge in [-0.2, -0.15) is 13.2 Å². The van der Waals surface area contributed by atoms with E-state index >= 15 is 0 Å². The molecule has 0 saturated carbocycles. The number of pyridine rings is 1. The van der Waals surface area contributed by atoms with E-state index in [0.29, 0.717) is 23.3 Å². The maximum atomic E-state index is 14.5. The number of rotatable bonds is 6. The Morgan fingerprint density at radius 3 is 2.65 bits per heavy atom. The number of imidazole rings is 1. The normalized spacial score (nSPS) is 12.0. The highest BCUT2D eigenvalue weighted by molar-refractivity contribution is 7.92. The molecule has 0 saturated heterocycles. The number of nitrogens with one attached hydrogen (secondary N) is 3. The number of H-pyrrole nitrogens is 1. The van der Waals surface area contributed by atoms with E-state index in [2.05, 4.69) is 15.0 Å². The molecule has 0 unspecified atom stereocenters. The molecule has 0 aliphatic heterocycles. The van der Waals surface area contributed by atoms with Crippen molar-refractivity contribution in [3.8, 4) is 5.75 Å². The van der Waals surface area contributed by atoms with Gasteiger partial charge in [0.25, 0.3) is 0 Å². The number of aromatic amines is 1. The molecule has 2 heterocycles. The van der Waals surface area contributed by atoms with Crippen molar-refractivity contribution in [2.45, 2.75) is 12.6 Å². The maximum absolute atomic E-state index is 14.5. The summed E-state index contributed by atoms with van der Waals surface area (Å²) >= 11 is 0. The monoisotopic (exact) mass is 465 g/mol. The highest BCUT2D eigenvalue weighted by Gasteiger charge is 2.30. The second-order valence-corrected chi connectivity index (χ2v) is 7.87. The molecular formula is C16H12F5N5O4S. The SMILES string of the molecule is O=C(Nc1c(F)ccc(NS(=O)(=O)CCC(F)(F)F)c1F)Oc1cnc2nc[nH]c2c1. The Morgan fingerprint density at radius 2 is 1.94 bits per heavy atom. The van der Waals surface area contributed by atoms with Crippen LogP contribution in [0.5, 0.6) is 5.75 Å². The lowest BCUT2D eigenvalue weighted by molar-refractivity contribution is -0.129. The van der Waals surface area contributed by atoms with E-state index in [1.807, 2.05) is 0 Å². The minimum absolute atomic E-state index is 0.0981. The van der Waals surface area contributed by atoms with Crippen LogP contribution in [-0.4, -0.2) is 41.4 Å². The summed E-state index contributed by atoms with van der Waals surface area (Å²) in [6, 6.07) is 2.60. The lowest BCUT2D eigenvalue weighted by Gasteiger charge is -2.13. The first-order valence-electron chi connectivity index (χ1n) is 8.27. The van der Waals surface area contributed by atoms with Gasteiger partial charge in [0.05, 0.1) is 35.9 Å². The van der Waals surface area contributed by atoms with E-state index in [1.165, 1.54) is 12.4 Å². The number of carbonyl (C=O) groups is 1. The highest BCUT2D eigenvalue weighted by Crippen LogP contribution is 2.28. The van der Waals surface area contributed by atoms with Gasteiger partial charge in [0, 0.05) is 6.07 Å². The number of hydrogen-bond acceptors (Lipinski definition) is 6. The Balaban J connectivity index is 1.74. The van der Waals surface area contributed by atoms with Crippen molar-refractivity contribution >= 4 is 38.7 Å². The molecule has 3 rings (SSSR count). The fourth-order valence-electron chi connectivity index (χ4n) is 2.32. The van der Waals surface area contributed by atoms with Gasteiger partial charge >= 0.3 is 12.3 Å². The van der Waals surface area contributed by atoms with Crippen LogP contribution >= 0.6 is 0 Å². The van der Waals surface area contributed by atoms with Gasteiger partial charge in [-0.15, -0.1) is 0 Å². The van der Waals surface area contributed by atoms with E-state index in [9.17, 15) is 35.2 Å². The van der Waals surface area contributed by atoms with Crippen LogP contribution in [0.2, 0.25) is 0 Å². The van der Waals surface area contributed by atoms with E-state index in [-0.39, 0.29) is 5.75 Å². The molecule has 2 aromatic heterocycles. The minimum Gasteiger partial charge on any atom is -0.408 e. The number of carbonyl (C=O) groups excluding carboxylic acids is 1. The van der Waals surface area contributed by atoms with E-state index in [1.54, 1.807) is 10.0 Å². The molecule has 3 aromatic rings. The van der Waals surface area contributed by atoms with Crippen molar-refractivity contribution in [3.63, 3.8) is 0 Å². The van der Waals surface area contributed by atoms with Crippen molar-refractivity contribution in [1.29, 1.82) is 0 Å². The number of ether oxygens (including phenoxy) is 1. The smallest absolute Gasteiger partial charge is 0.408 e. The van der Waals surface area contributed by atoms with Crippen LogP contribution in [0.4, 0.5) is 38.1 Å². The molecule has 1 aromatic carbocycles. The predicted molar refractivity (Wildman–Crippen MR) is 98.0 cm³/mol. The zero-order chi connectivity index (χ0) is 22.8. The van der Waals surface area contributed by atoms with Crippen LogP contribution in [0.1, 0.15) is 6.42 Å². The first-order valence-corrected chi connectivity index (χ1v) is 9.92. The van der Waals surface area contributed by atoms with Gasteiger partial charge in [-0.1, -0.05) is 0 Å². The molecule has 0 fully saturated rings. The summed E-state index contributed by atoms with van der Waals surface area (Å²) in [6.07, 6.45) is -5.29. The fourth-order valence-corrected chi connectivity index (χ4v) is 3.41. The summed E-state index contributed by atoms with van der Waals surface area (Å²) in [5.41, 5.74) is -1.19. The Kier molecular flexibility index (Phi) is 5.97. The standard InChI is InChI=1S/C16H12F5N5O4S/c17-9-1-2-10(26-31(28,29)4-3-16(19,20)21)12(18)13(9)25-15(27)30-8-5-11-14(22-6-8)24-7-23-11/h1-2,5-7,26H,3-4H2,(H,25,27)(H,22,23,24). The van der Waals surface area contributed by atoms with Crippen molar-refractivity contribution < 1.29 is 39.9 Å². The largest absolute Gasteiger partial charge is 0.417 e. The molecule has 0 bridgehead atoms. The molecule has 0 spiro atoms. The number of fused-ring (bicyclic) bond motifs is 1. The van der Waals surface area contributed by atoms with Gasteiger partial charge in [0.1, 0.15) is 11.5 Å². The average molecular weight is 465 g/mol. The quantitative estimate of drug-likeness (QED) is 0.478. The van der Waals surface area contributed by atoms with Gasteiger partial charge in [-0.05, 0) is 12.1 Å². The molecule has 0 radical (unpaired) electrons. The molecule has 15 heteroatoms. The molecule has 9 nitrogen and oxygen atoms in total. The van der Waals surface area contributed by atoms with Gasteiger partial charge in [0.15, 0.2) is 17.2 Å². The van der Waals surface area contributed by atoms with Crippen molar-refractivity contribution in [3.05, 3.63) is 42.4 Å². The number of halogens is 5. The molecular weight excluding hydrogens is 453 g/mol. The summed E-state index contributed by atoms with van der Waals surface area (Å²) in [5.74, 6) is -4.31. The summed E-state index contributed by atoms with van der Waals surface area (Å²) in [7, 11) is -4.61. The Bertz CT molecular complexity index is 1230. The lowest BCUT2D eigenvalue weighted by Crippen LogP contribution is -2.23. The maximum Gasteiger partial charge on any atom is 0.417 e. The van der Waals surface area contributed by atoms with Gasteiger partial charge in [-0.25, -0.2) is 32.0 Å². The molecule has 3 N–H and O–H groups in total. The van der Waals surface area contributed by atoms with Crippen LogP contribution in [-0.2, 0) is 10.0 Å². The zero-order valence-electron chi connectivity index (χ0n) is 15.1. The van der Waals surface area contributed by atoms with E-state index in [4.69, 9.17) is 4.74 Å². The molecule has 0 aliphatic rings. The van der Waals surface area contributed by atoms with E-state index in [0.717, 1.165) is 6.20 Å². The second kappa shape index (κ2) is 8.33. The summed E-state index contributed by atoms with van der Waals surface area (Å²) in [6.45, 7) is 0. The van der Waals surface area contributed by atoms with Crippen LogP contribution in [0.15, 0.2) is 30.7 Å². The topological polar surface area (TPSA) is 126 Å². The number of nitrogens with zero attached hydrogens (tertiary/aromatic N) is 2. The second-order valence-electron chi connectivity index (χ2n) is 6.03. The van der Waals surface area contributed by atoms with Crippen molar-refractivity contribution in [1.82, 2.24) is 15.0 Å². The first-order chi connectivity index (χ1) is 14.4. The lowest BCUT2D eigenvalue weighted by atomic mass is 10.2. The minimum atomic E-state index is -4.75. The third kappa shape index (κ3) is 5.78. The number of alkyl halides is 3. The summed E-state index contributed by atoms with van der Waals surface area (Å²) < 4.78 is 95.1. The summed E-state index contributed by atoms with van der Waals surface area (Å²) in [4.78, 5) is 22.4.